The Balaban J connectivity index is 1.52. The second-order valence-electron chi connectivity index (χ2n) is 8.80. The van der Waals surface area contributed by atoms with E-state index in [1.165, 1.54) is 36.8 Å². The molecule has 0 aliphatic heterocycles. The summed E-state index contributed by atoms with van der Waals surface area (Å²) < 4.78 is 40.3. The Kier molecular flexibility index (Phi) is 7.83. The lowest BCUT2D eigenvalue weighted by molar-refractivity contribution is -0.137. The third kappa shape index (κ3) is 7.12. The zero-order chi connectivity index (χ0) is 28.2. The Morgan fingerprint density at radius 1 is 1.08 bits per heavy atom. The van der Waals surface area contributed by atoms with Gasteiger partial charge in [0, 0.05) is 35.1 Å². The van der Waals surface area contributed by atoms with Crippen LogP contribution in [0.4, 0.5) is 30.4 Å². The molecule has 0 atom stereocenters. The summed E-state index contributed by atoms with van der Waals surface area (Å²) in [5.74, 6) is 11.2. The number of nitrogens with two attached hydrogens (primary N) is 2. The molecular weight excluding hydrogens is 511 g/mol. The van der Waals surface area contributed by atoms with Crippen molar-refractivity contribution in [1.29, 1.82) is 0 Å². The van der Waals surface area contributed by atoms with Crippen LogP contribution in [0.3, 0.4) is 0 Å². The predicted molar refractivity (Wildman–Crippen MR) is 140 cm³/mol. The number of halogens is 3. The maximum atomic E-state index is 13.4. The van der Waals surface area contributed by atoms with Crippen LogP contribution in [0.2, 0.25) is 0 Å². The van der Waals surface area contributed by atoms with Crippen LogP contribution in [0.1, 0.15) is 45.6 Å². The van der Waals surface area contributed by atoms with Crippen molar-refractivity contribution in [3.05, 3.63) is 89.1 Å². The fourth-order valence-electron chi connectivity index (χ4n) is 3.44. The van der Waals surface area contributed by atoms with Crippen molar-refractivity contribution in [3.8, 4) is 11.8 Å². The minimum atomic E-state index is -4.67. The van der Waals surface area contributed by atoms with Gasteiger partial charge < -0.3 is 16.4 Å². The standard InChI is InChI=1S/C27H24F3N7O2/c1-16-2-3-19(10-18(16)6-7-21-14-34-24(15-33-21)36-25(38)17-4-5-17)26(39)35-22-11-20(27(28,29)30)12-23(13-22)37(32)9-8-31/h2-3,8-15,17H,4-5,31-32H2,1H3,(H,35,39)(H,34,36,38)/b9-8-. The second-order valence-corrected chi connectivity index (χ2v) is 8.80. The molecule has 0 unspecified atom stereocenters. The molecule has 1 aliphatic carbocycles. The van der Waals surface area contributed by atoms with Crippen LogP contribution in [0.25, 0.3) is 0 Å². The highest BCUT2D eigenvalue weighted by Crippen LogP contribution is 2.34. The second kappa shape index (κ2) is 11.2. The van der Waals surface area contributed by atoms with Gasteiger partial charge >= 0.3 is 6.18 Å². The Bertz CT molecular complexity index is 1490. The Labute approximate surface area is 222 Å². The molecule has 0 saturated heterocycles. The van der Waals surface area contributed by atoms with E-state index < -0.39 is 17.6 Å². The topological polar surface area (TPSA) is 139 Å². The van der Waals surface area contributed by atoms with Crippen molar-refractivity contribution in [2.75, 3.05) is 15.6 Å². The quantitative estimate of drug-likeness (QED) is 0.213. The van der Waals surface area contributed by atoms with Crippen molar-refractivity contribution < 1.29 is 22.8 Å². The largest absolute Gasteiger partial charge is 0.416 e. The van der Waals surface area contributed by atoms with Crippen LogP contribution in [-0.2, 0) is 11.0 Å². The minimum absolute atomic E-state index is 0.0310. The number of aryl methyl sites for hydroxylation is 1. The molecule has 4 rings (SSSR count). The fourth-order valence-corrected chi connectivity index (χ4v) is 3.44. The minimum Gasteiger partial charge on any atom is -0.403 e. The molecule has 1 aromatic heterocycles. The first-order valence-electron chi connectivity index (χ1n) is 11.7. The summed E-state index contributed by atoms with van der Waals surface area (Å²) in [6.45, 7) is 1.80. The number of hydrogen-bond acceptors (Lipinski definition) is 7. The maximum Gasteiger partial charge on any atom is 0.416 e. The Morgan fingerprint density at radius 2 is 1.85 bits per heavy atom. The highest BCUT2D eigenvalue weighted by Gasteiger charge is 2.32. The van der Waals surface area contributed by atoms with Gasteiger partial charge in [0.25, 0.3) is 5.91 Å². The van der Waals surface area contributed by atoms with Crippen molar-refractivity contribution in [3.63, 3.8) is 0 Å². The van der Waals surface area contributed by atoms with Crippen molar-refractivity contribution >= 4 is 29.0 Å². The number of aromatic nitrogens is 2. The van der Waals surface area contributed by atoms with Crippen LogP contribution in [0.15, 0.2) is 61.2 Å². The zero-order valence-electron chi connectivity index (χ0n) is 20.7. The lowest BCUT2D eigenvalue weighted by Gasteiger charge is -2.18. The number of carbonyl (C=O) groups is 2. The monoisotopic (exact) mass is 535 g/mol. The average Bonchev–Trinajstić information content (AvgIpc) is 3.74. The van der Waals surface area contributed by atoms with Crippen LogP contribution in [0.5, 0.6) is 0 Å². The first-order valence-corrected chi connectivity index (χ1v) is 11.7. The van der Waals surface area contributed by atoms with E-state index in [0.29, 0.717) is 17.1 Å². The normalized spacial score (nSPS) is 12.9. The molecule has 200 valence electrons. The van der Waals surface area contributed by atoms with Crippen LogP contribution >= 0.6 is 0 Å². The van der Waals surface area contributed by atoms with Gasteiger partial charge in [-0.25, -0.2) is 15.8 Å². The highest BCUT2D eigenvalue weighted by molar-refractivity contribution is 6.04. The number of hydrazine groups is 1. The van der Waals surface area contributed by atoms with E-state index in [1.807, 2.05) is 0 Å². The smallest absolute Gasteiger partial charge is 0.403 e. The van der Waals surface area contributed by atoms with Gasteiger partial charge in [-0.3, -0.25) is 14.6 Å². The van der Waals surface area contributed by atoms with Gasteiger partial charge in [0.2, 0.25) is 5.91 Å². The lowest BCUT2D eigenvalue weighted by atomic mass is 10.0. The average molecular weight is 536 g/mol. The molecule has 2 aromatic carbocycles. The van der Waals surface area contributed by atoms with Crippen LogP contribution in [0, 0.1) is 24.7 Å². The summed E-state index contributed by atoms with van der Waals surface area (Å²) in [7, 11) is 0. The summed E-state index contributed by atoms with van der Waals surface area (Å²) in [6.07, 6.45) is 2.16. The summed E-state index contributed by atoms with van der Waals surface area (Å²) in [4.78, 5) is 33.1. The molecular formula is C27H24F3N7O2. The van der Waals surface area contributed by atoms with Crippen molar-refractivity contribution in [2.45, 2.75) is 25.9 Å². The SMILES string of the molecule is Cc1ccc(C(=O)Nc2cc(N(N)/C=C\N)cc(C(F)(F)F)c2)cc1C#Cc1cnc(NC(=O)C2CC2)cn1. The summed E-state index contributed by atoms with van der Waals surface area (Å²) in [5.41, 5.74) is 5.97. The van der Waals surface area contributed by atoms with E-state index in [0.717, 1.165) is 41.7 Å². The first-order chi connectivity index (χ1) is 18.5. The first kappa shape index (κ1) is 27.2. The molecule has 6 N–H and O–H groups in total. The number of alkyl halides is 3. The van der Waals surface area contributed by atoms with E-state index in [1.54, 1.807) is 13.0 Å². The number of amides is 2. The summed E-state index contributed by atoms with van der Waals surface area (Å²) >= 11 is 0. The van der Waals surface area contributed by atoms with E-state index in [-0.39, 0.29) is 28.8 Å². The molecule has 9 nitrogen and oxygen atoms in total. The van der Waals surface area contributed by atoms with Gasteiger partial charge in [0.1, 0.15) is 5.69 Å². The van der Waals surface area contributed by atoms with Gasteiger partial charge in [0.15, 0.2) is 5.82 Å². The number of anilines is 3. The Morgan fingerprint density at radius 3 is 2.49 bits per heavy atom. The van der Waals surface area contributed by atoms with Gasteiger partial charge in [0.05, 0.1) is 23.6 Å². The van der Waals surface area contributed by atoms with E-state index in [4.69, 9.17) is 11.6 Å². The number of nitrogens with one attached hydrogen (secondary N) is 2. The number of nitrogens with zero attached hydrogens (tertiary/aromatic N) is 3. The molecule has 0 bridgehead atoms. The highest BCUT2D eigenvalue weighted by atomic mass is 19.4. The fraction of sp³-hybridized carbons (Fsp3) is 0.185. The summed E-state index contributed by atoms with van der Waals surface area (Å²) in [6, 6.07) is 7.67. The molecule has 1 saturated carbocycles. The van der Waals surface area contributed by atoms with Crippen LogP contribution in [-0.4, -0.2) is 21.8 Å². The molecule has 12 heteroatoms. The molecule has 0 radical (unpaired) electrons. The maximum absolute atomic E-state index is 13.4. The van der Waals surface area contributed by atoms with Gasteiger partial charge in [-0.15, -0.1) is 0 Å². The van der Waals surface area contributed by atoms with Gasteiger partial charge in [-0.05, 0) is 61.6 Å². The number of benzene rings is 2. The zero-order valence-corrected chi connectivity index (χ0v) is 20.7. The van der Waals surface area contributed by atoms with E-state index >= 15 is 0 Å². The van der Waals surface area contributed by atoms with Crippen molar-refractivity contribution in [2.24, 2.45) is 17.5 Å². The lowest BCUT2D eigenvalue weighted by Crippen LogP contribution is -2.25. The van der Waals surface area contributed by atoms with Crippen LogP contribution < -0.4 is 27.2 Å². The molecule has 2 amide bonds. The molecule has 39 heavy (non-hydrogen) atoms. The van der Waals surface area contributed by atoms with Gasteiger partial charge in [-0.1, -0.05) is 12.0 Å². The third-order valence-corrected chi connectivity index (χ3v) is 5.72. The number of rotatable bonds is 6. The Hall–Kier alpha value is -4.89. The van der Waals surface area contributed by atoms with Gasteiger partial charge in [-0.2, -0.15) is 13.2 Å². The predicted octanol–water partition coefficient (Wildman–Crippen LogP) is 3.91. The number of hydrogen-bond donors (Lipinski definition) is 4. The summed E-state index contributed by atoms with van der Waals surface area (Å²) in [5, 5.41) is 6.08. The van der Waals surface area contributed by atoms with E-state index in [9.17, 15) is 22.8 Å². The molecule has 1 aliphatic rings. The third-order valence-electron chi connectivity index (χ3n) is 5.72. The molecule has 3 aromatic rings. The number of carbonyl (C=O) groups excluding carboxylic acids is 2. The molecule has 1 fully saturated rings. The molecule has 1 heterocycles. The van der Waals surface area contributed by atoms with E-state index in [2.05, 4.69) is 32.4 Å². The molecule has 0 spiro atoms. The van der Waals surface area contributed by atoms with Crippen molar-refractivity contribution in [1.82, 2.24) is 9.97 Å².